The van der Waals surface area contributed by atoms with Crippen molar-refractivity contribution in [2.24, 2.45) is 0 Å². The molecule has 4 N–H and O–H groups in total. The van der Waals surface area contributed by atoms with Crippen LogP contribution in [-0.2, 0) is 9.53 Å². The van der Waals surface area contributed by atoms with Crippen molar-refractivity contribution in [3.05, 3.63) is 101 Å². The summed E-state index contributed by atoms with van der Waals surface area (Å²) in [5.74, 6) is -1.97. The molecule has 0 amide bonds. The van der Waals surface area contributed by atoms with Crippen LogP contribution in [0.5, 0.6) is 17.2 Å². The third kappa shape index (κ3) is 5.80. The number of hydrogen-bond acceptors (Lipinski definition) is 9. The minimum atomic E-state index is -1.01. The van der Waals surface area contributed by atoms with Gasteiger partial charge in [-0.2, -0.15) is 0 Å². The molecule has 5 rings (SSSR count). The lowest BCUT2D eigenvalue weighted by Crippen LogP contribution is -2.08. The fourth-order valence-corrected chi connectivity index (χ4v) is 4.23. The molecule has 42 heavy (non-hydrogen) atoms. The number of aryl methyl sites for hydroxylation is 1. The largest absolute Gasteiger partial charge is 0.460 e. The lowest BCUT2D eigenvalue weighted by Gasteiger charge is -2.17. The van der Waals surface area contributed by atoms with E-state index in [1.165, 1.54) is 25.5 Å². The van der Waals surface area contributed by atoms with E-state index in [1.54, 1.807) is 30.3 Å². The first kappa shape index (κ1) is 28.0. The lowest BCUT2D eigenvalue weighted by molar-refractivity contribution is -0.147. The molecule has 3 aromatic rings. The molecule has 0 atom stereocenters. The van der Waals surface area contributed by atoms with E-state index in [0.29, 0.717) is 22.6 Å². The molecule has 0 spiro atoms. The molecule has 2 aliphatic rings. The molecule has 214 valence electrons. The highest BCUT2D eigenvalue weighted by Crippen LogP contribution is 2.43. The zero-order valence-electron chi connectivity index (χ0n) is 22.4. The molecule has 1 aliphatic heterocycles. The smallest absolute Gasteiger partial charge is 0.305 e. The summed E-state index contributed by atoms with van der Waals surface area (Å²) in [6.07, 6.45) is 2.56. The van der Waals surface area contributed by atoms with Crippen molar-refractivity contribution in [2.45, 2.75) is 13.8 Å². The van der Waals surface area contributed by atoms with Crippen molar-refractivity contribution >= 4 is 28.3 Å². The van der Waals surface area contributed by atoms with Crippen LogP contribution in [0.15, 0.2) is 82.4 Å². The summed E-state index contributed by atoms with van der Waals surface area (Å²) >= 11 is 0. The zero-order valence-corrected chi connectivity index (χ0v) is 22.4. The Morgan fingerprint density at radius 1 is 0.881 bits per heavy atom. The summed E-state index contributed by atoms with van der Waals surface area (Å²) in [6, 6.07) is 14.5. The molecule has 0 bridgehead atoms. The van der Waals surface area contributed by atoms with Crippen molar-refractivity contribution in [1.29, 1.82) is 0 Å². The van der Waals surface area contributed by atoms with Gasteiger partial charge in [0.05, 0.1) is 11.4 Å². The van der Waals surface area contributed by atoms with Gasteiger partial charge in [0, 0.05) is 35.6 Å². The number of hydrogen-bond donors (Lipinski definition) is 2. The van der Waals surface area contributed by atoms with E-state index in [2.05, 4.69) is 0 Å². The molecular weight excluding hydrogens is 550 g/mol. The number of halogens is 2. The van der Waals surface area contributed by atoms with Crippen LogP contribution >= 0.6 is 0 Å². The number of rotatable bonds is 8. The maximum atomic E-state index is 15.1. The predicted molar refractivity (Wildman–Crippen MR) is 152 cm³/mol. The van der Waals surface area contributed by atoms with Gasteiger partial charge in [0.1, 0.15) is 35.4 Å². The summed E-state index contributed by atoms with van der Waals surface area (Å²) in [5, 5.41) is 0.238. The Labute approximate surface area is 237 Å². The fourth-order valence-electron chi connectivity index (χ4n) is 4.23. The first-order valence-corrected chi connectivity index (χ1v) is 12.5. The molecule has 9 nitrogen and oxygen atoms in total. The van der Waals surface area contributed by atoms with E-state index >= 15 is 4.39 Å². The Kier molecular flexibility index (Phi) is 7.65. The van der Waals surface area contributed by atoms with Gasteiger partial charge in [-0.15, -0.1) is 0 Å². The number of fused-ring (bicyclic) bond motifs is 2. The topological polar surface area (TPSA) is 136 Å². The van der Waals surface area contributed by atoms with E-state index in [0.717, 1.165) is 23.8 Å². The quantitative estimate of drug-likeness (QED) is 0.0736. The van der Waals surface area contributed by atoms with Gasteiger partial charge in [-0.05, 0) is 54.4 Å². The Hall–Kier alpha value is -5.58. The minimum absolute atomic E-state index is 0.0461. The van der Waals surface area contributed by atoms with Crippen LogP contribution in [0.1, 0.15) is 12.5 Å². The molecule has 3 aromatic carbocycles. The zero-order chi connectivity index (χ0) is 30.0. The monoisotopic (exact) mass is 574 g/mol. The minimum Gasteiger partial charge on any atom is -0.460 e. The normalized spacial score (nSPS) is 11.2. The molecule has 11 heteroatoms. The van der Waals surface area contributed by atoms with Gasteiger partial charge in [0.25, 0.3) is 0 Å². The summed E-state index contributed by atoms with van der Waals surface area (Å²) in [7, 11) is 0. The number of carbonyl (C=O) groups excluding carboxylic acids is 1. The molecular formula is C31H24F2N2O7. The number of benzene rings is 4. The molecule has 0 unspecified atom stereocenters. The van der Waals surface area contributed by atoms with Crippen molar-refractivity contribution in [1.82, 2.24) is 0 Å². The third-order valence-corrected chi connectivity index (χ3v) is 6.22. The third-order valence-electron chi connectivity index (χ3n) is 6.22. The summed E-state index contributed by atoms with van der Waals surface area (Å²) in [5.41, 5.74) is 14.0. The van der Waals surface area contributed by atoms with Gasteiger partial charge in [-0.1, -0.05) is 12.1 Å². The number of nitrogen functional groups attached to an aromatic ring is 2. The van der Waals surface area contributed by atoms with E-state index in [9.17, 15) is 14.0 Å². The van der Waals surface area contributed by atoms with Gasteiger partial charge in [-0.3, -0.25) is 9.59 Å². The van der Waals surface area contributed by atoms with Crippen LogP contribution in [0, 0.1) is 18.6 Å². The van der Waals surface area contributed by atoms with E-state index in [1.807, 2.05) is 13.0 Å². The molecule has 0 aromatic heterocycles. The molecule has 0 fully saturated rings. The predicted octanol–water partition coefficient (Wildman–Crippen LogP) is 6.14. The summed E-state index contributed by atoms with van der Waals surface area (Å²) < 4.78 is 56.7. The Bertz CT molecular complexity index is 1880. The van der Waals surface area contributed by atoms with Crippen molar-refractivity contribution in [3.8, 4) is 39.7 Å². The highest BCUT2D eigenvalue weighted by molar-refractivity contribution is 6.02. The second-order valence-corrected chi connectivity index (χ2v) is 9.23. The SMILES string of the molecule is CC(=O)OCOc1cc2oc3cc(=O)c(F)cc-3c(-c3ccc(N)c(OC=COc4cc(C)ccc4N)c3)c2cc1F. The molecule has 0 radical (unpaired) electrons. The van der Waals surface area contributed by atoms with Crippen LogP contribution in [0.25, 0.3) is 33.4 Å². The van der Waals surface area contributed by atoms with Crippen molar-refractivity contribution in [3.63, 3.8) is 0 Å². The van der Waals surface area contributed by atoms with E-state index in [4.69, 9.17) is 34.8 Å². The summed E-state index contributed by atoms with van der Waals surface area (Å²) in [4.78, 5) is 23.2. The van der Waals surface area contributed by atoms with E-state index in [-0.39, 0.29) is 39.5 Å². The van der Waals surface area contributed by atoms with Crippen molar-refractivity contribution in [2.75, 3.05) is 18.3 Å². The van der Waals surface area contributed by atoms with Gasteiger partial charge in [-0.25, -0.2) is 8.78 Å². The maximum Gasteiger partial charge on any atom is 0.305 e. The molecule has 0 saturated carbocycles. The summed E-state index contributed by atoms with van der Waals surface area (Å²) in [6.45, 7) is 2.55. The van der Waals surface area contributed by atoms with Crippen LogP contribution in [0.3, 0.4) is 0 Å². The Balaban J connectivity index is 1.56. The fraction of sp³-hybridized carbons (Fsp3) is 0.0968. The van der Waals surface area contributed by atoms with Crippen LogP contribution in [0.2, 0.25) is 0 Å². The number of esters is 1. The van der Waals surface area contributed by atoms with Crippen LogP contribution in [0.4, 0.5) is 20.2 Å². The van der Waals surface area contributed by atoms with Gasteiger partial charge < -0.3 is 34.8 Å². The van der Waals surface area contributed by atoms with Crippen LogP contribution < -0.4 is 31.1 Å². The van der Waals surface area contributed by atoms with Gasteiger partial charge in [0.15, 0.2) is 17.4 Å². The second-order valence-electron chi connectivity index (χ2n) is 9.23. The molecule has 0 saturated heterocycles. The Morgan fingerprint density at radius 2 is 1.57 bits per heavy atom. The standard InChI is InChI=1S/C31H24F2N2O7/c1-16-3-5-23(34)29(9-16)38-7-8-39-30-10-18(4-6-24(30)35)31-19-11-21(32)25(37)13-26(19)42-27-14-28(22(33)12-20(27)31)41-15-40-17(2)36/h3-14H,15,34-35H2,1-2H3. The highest BCUT2D eigenvalue weighted by Gasteiger charge is 2.22. The van der Waals surface area contributed by atoms with E-state index < -0.39 is 29.8 Å². The molecule has 1 heterocycles. The second kappa shape index (κ2) is 11.5. The molecule has 1 aliphatic carbocycles. The van der Waals surface area contributed by atoms with Gasteiger partial charge in [0.2, 0.25) is 12.2 Å². The number of carbonyl (C=O) groups is 1. The lowest BCUT2D eigenvalue weighted by atomic mass is 9.93. The number of nitrogens with two attached hydrogens (primary N) is 2. The first-order valence-electron chi connectivity index (χ1n) is 12.5. The number of ether oxygens (including phenoxy) is 4. The number of anilines is 2. The van der Waals surface area contributed by atoms with Crippen molar-refractivity contribution < 1.29 is 36.9 Å². The van der Waals surface area contributed by atoms with Crippen LogP contribution in [-0.4, -0.2) is 12.8 Å². The average molecular weight is 575 g/mol. The maximum absolute atomic E-state index is 15.1. The highest BCUT2D eigenvalue weighted by atomic mass is 19.1. The average Bonchev–Trinajstić information content (AvgIpc) is 2.94. The Morgan fingerprint density at radius 3 is 2.29 bits per heavy atom. The van der Waals surface area contributed by atoms with Gasteiger partial charge >= 0.3 is 5.97 Å². The first-order chi connectivity index (χ1) is 20.1.